The molecule has 1 aliphatic rings. The van der Waals surface area contributed by atoms with Crippen LogP contribution >= 0.6 is 12.4 Å². The lowest BCUT2D eigenvalue weighted by molar-refractivity contribution is 0.0950. The summed E-state index contributed by atoms with van der Waals surface area (Å²) in [6.45, 7) is 1.58. The van der Waals surface area contributed by atoms with E-state index in [1.165, 1.54) is 0 Å². The summed E-state index contributed by atoms with van der Waals surface area (Å²) >= 11 is 0. The lowest BCUT2D eigenvalue weighted by Gasteiger charge is -2.12. The first-order chi connectivity index (χ1) is 12.0. The highest BCUT2D eigenvalue weighted by Gasteiger charge is 2.17. The molecule has 2 aromatic rings. The van der Waals surface area contributed by atoms with Crippen LogP contribution in [0.1, 0.15) is 28.8 Å². The number of benzene rings is 2. The van der Waals surface area contributed by atoms with Gasteiger partial charge in [-0.15, -0.1) is 12.4 Å². The van der Waals surface area contributed by atoms with E-state index in [1.54, 1.807) is 54.6 Å². The number of amides is 1. The van der Waals surface area contributed by atoms with E-state index in [9.17, 15) is 13.2 Å². The quantitative estimate of drug-likeness (QED) is 0.789. The predicted molar refractivity (Wildman–Crippen MR) is 104 cm³/mol. The topological polar surface area (TPSA) is 75.3 Å². The van der Waals surface area contributed by atoms with Crippen molar-refractivity contribution in [2.75, 3.05) is 13.1 Å². The normalized spacial score (nSPS) is 16.7. The SMILES string of the molecule is Cl.O=C(NCC1CCCN1)c1cccc(CS(=O)(=O)c2ccccc2)c1. The van der Waals surface area contributed by atoms with E-state index in [-0.39, 0.29) is 29.0 Å². The second-order valence-electron chi connectivity index (χ2n) is 6.28. The smallest absolute Gasteiger partial charge is 0.251 e. The van der Waals surface area contributed by atoms with Crippen LogP contribution in [-0.4, -0.2) is 33.5 Å². The number of nitrogens with one attached hydrogen (secondary N) is 2. The van der Waals surface area contributed by atoms with Crippen LogP contribution in [0.15, 0.2) is 59.5 Å². The van der Waals surface area contributed by atoms with Crippen LogP contribution in [0.3, 0.4) is 0 Å². The Bertz CT molecular complexity index is 835. The third-order valence-corrected chi connectivity index (χ3v) is 6.02. The maximum Gasteiger partial charge on any atom is 0.251 e. The molecule has 1 amide bonds. The highest BCUT2D eigenvalue weighted by Crippen LogP contribution is 2.17. The highest BCUT2D eigenvalue weighted by molar-refractivity contribution is 7.90. The van der Waals surface area contributed by atoms with Gasteiger partial charge in [0.05, 0.1) is 10.6 Å². The maximum atomic E-state index is 12.5. The van der Waals surface area contributed by atoms with Gasteiger partial charge < -0.3 is 10.6 Å². The van der Waals surface area contributed by atoms with Gasteiger partial charge in [0.25, 0.3) is 5.91 Å². The number of hydrogen-bond donors (Lipinski definition) is 2. The molecule has 0 bridgehead atoms. The zero-order valence-corrected chi connectivity index (χ0v) is 16.0. The number of halogens is 1. The molecule has 2 N–H and O–H groups in total. The first-order valence-electron chi connectivity index (χ1n) is 8.43. The summed E-state index contributed by atoms with van der Waals surface area (Å²) in [5.41, 5.74) is 1.09. The molecular formula is C19H23ClN2O3S. The monoisotopic (exact) mass is 394 g/mol. The van der Waals surface area contributed by atoms with Crippen LogP contribution in [0, 0.1) is 0 Å². The molecule has 7 heteroatoms. The van der Waals surface area contributed by atoms with Crippen LogP contribution in [0.25, 0.3) is 0 Å². The summed E-state index contributed by atoms with van der Waals surface area (Å²) in [6, 6.07) is 15.5. The van der Waals surface area contributed by atoms with Gasteiger partial charge in [0.2, 0.25) is 0 Å². The van der Waals surface area contributed by atoms with Crippen molar-refractivity contribution in [3.63, 3.8) is 0 Å². The molecule has 1 heterocycles. The molecule has 140 valence electrons. The Morgan fingerprint density at radius 2 is 1.88 bits per heavy atom. The lowest BCUT2D eigenvalue weighted by atomic mass is 10.1. The van der Waals surface area contributed by atoms with Crippen molar-refractivity contribution in [2.45, 2.75) is 29.5 Å². The molecule has 1 saturated heterocycles. The third-order valence-electron chi connectivity index (χ3n) is 4.32. The fraction of sp³-hybridized carbons (Fsp3) is 0.316. The zero-order valence-electron chi connectivity index (χ0n) is 14.4. The van der Waals surface area contributed by atoms with Crippen LogP contribution < -0.4 is 10.6 Å². The second kappa shape index (κ2) is 9.16. The molecule has 3 rings (SSSR count). The van der Waals surface area contributed by atoms with E-state index in [0.29, 0.717) is 23.7 Å². The van der Waals surface area contributed by atoms with Gasteiger partial charge in [-0.3, -0.25) is 4.79 Å². The van der Waals surface area contributed by atoms with Crippen LogP contribution in [0.5, 0.6) is 0 Å². The van der Waals surface area contributed by atoms with E-state index >= 15 is 0 Å². The molecule has 26 heavy (non-hydrogen) atoms. The van der Waals surface area contributed by atoms with Crippen molar-refractivity contribution in [1.29, 1.82) is 0 Å². The van der Waals surface area contributed by atoms with Gasteiger partial charge in [0.1, 0.15) is 0 Å². The van der Waals surface area contributed by atoms with Gasteiger partial charge in [-0.05, 0) is 49.2 Å². The van der Waals surface area contributed by atoms with E-state index in [0.717, 1.165) is 19.4 Å². The number of sulfone groups is 1. The van der Waals surface area contributed by atoms with Crippen LogP contribution in [0.2, 0.25) is 0 Å². The molecule has 0 spiro atoms. The summed E-state index contributed by atoms with van der Waals surface area (Å²) in [4.78, 5) is 12.6. The minimum atomic E-state index is -3.42. The minimum Gasteiger partial charge on any atom is -0.350 e. The third kappa shape index (κ3) is 5.30. The minimum absolute atomic E-state index is 0. The standard InChI is InChI=1S/C19H22N2O3S.ClH/c22-19(21-13-17-8-5-11-20-17)16-7-4-6-15(12-16)14-25(23,24)18-9-2-1-3-10-18;/h1-4,6-7,9-10,12,17,20H,5,8,11,13-14H2,(H,21,22);1H. The molecule has 2 aromatic carbocycles. The molecule has 0 radical (unpaired) electrons. The van der Waals surface area contributed by atoms with Crippen molar-refractivity contribution >= 4 is 28.2 Å². The predicted octanol–water partition coefficient (Wildman–Crippen LogP) is 2.56. The Morgan fingerprint density at radius 1 is 1.12 bits per heavy atom. The van der Waals surface area contributed by atoms with Crippen molar-refractivity contribution in [3.05, 3.63) is 65.7 Å². The zero-order chi connectivity index (χ0) is 17.7. The number of carbonyl (C=O) groups is 1. The number of rotatable bonds is 6. The molecule has 1 fully saturated rings. The summed E-state index contributed by atoms with van der Waals surface area (Å²) in [5, 5.41) is 6.24. The van der Waals surface area contributed by atoms with Crippen molar-refractivity contribution in [3.8, 4) is 0 Å². The summed E-state index contributed by atoms with van der Waals surface area (Å²) in [6.07, 6.45) is 2.20. The second-order valence-corrected chi connectivity index (χ2v) is 8.27. The number of hydrogen-bond acceptors (Lipinski definition) is 4. The fourth-order valence-electron chi connectivity index (χ4n) is 2.98. The molecular weight excluding hydrogens is 372 g/mol. The van der Waals surface area contributed by atoms with E-state index < -0.39 is 9.84 Å². The Kier molecular flexibility index (Phi) is 7.20. The van der Waals surface area contributed by atoms with Gasteiger partial charge in [-0.2, -0.15) is 0 Å². The number of carbonyl (C=O) groups excluding carboxylic acids is 1. The molecule has 0 aliphatic carbocycles. The maximum absolute atomic E-state index is 12.5. The molecule has 1 aliphatic heterocycles. The summed E-state index contributed by atoms with van der Waals surface area (Å²) < 4.78 is 24.9. The van der Waals surface area contributed by atoms with E-state index in [2.05, 4.69) is 10.6 Å². The summed E-state index contributed by atoms with van der Waals surface area (Å²) in [5.74, 6) is -0.296. The lowest BCUT2D eigenvalue weighted by Crippen LogP contribution is -2.37. The Morgan fingerprint density at radius 3 is 2.58 bits per heavy atom. The van der Waals surface area contributed by atoms with Gasteiger partial charge in [0.15, 0.2) is 9.84 Å². The Balaban J connectivity index is 0.00000243. The first-order valence-corrected chi connectivity index (χ1v) is 10.1. The molecule has 0 saturated carbocycles. The van der Waals surface area contributed by atoms with Gasteiger partial charge in [0, 0.05) is 18.2 Å². The Hall–Kier alpha value is -1.89. The average molecular weight is 395 g/mol. The Labute approximate surface area is 160 Å². The molecule has 1 unspecified atom stereocenters. The van der Waals surface area contributed by atoms with Gasteiger partial charge in [-0.1, -0.05) is 30.3 Å². The fourth-order valence-corrected chi connectivity index (χ4v) is 4.34. The van der Waals surface area contributed by atoms with E-state index in [4.69, 9.17) is 0 Å². The summed E-state index contributed by atoms with van der Waals surface area (Å²) in [7, 11) is -3.42. The average Bonchev–Trinajstić information content (AvgIpc) is 3.14. The van der Waals surface area contributed by atoms with Crippen LogP contribution in [0.4, 0.5) is 0 Å². The van der Waals surface area contributed by atoms with Gasteiger partial charge >= 0.3 is 0 Å². The van der Waals surface area contributed by atoms with Crippen molar-refractivity contribution in [1.82, 2.24) is 10.6 Å². The van der Waals surface area contributed by atoms with Crippen LogP contribution in [-0.2, 0) is 15.6 Å². The molecule has 1 atom stereocenters. The molecule has 5 nitrogen and oxygen atoms in total. The highest BCUT2D eigenvalue weighted by atomic mass is 35.5. The van der Waals surface area contributed by atoms with Crippen molar-refractivity contribution in [2.24, 2.45) is 0 Å². The first kappa shape index (κ1) is 20.4. The molecule has 0 aromatic heterocycles. The van der Waals surface area contributed by atoms with E-state index in [1.807, 2.05) is 0 Å². The largest absolute Gasteiger partial charge is 0.350 e. The van der Waals surface area contributed by atoms with Crippen molar-refractivity contribution < 1.29 is 13.2 Å². The van der Waals surface area contributed by atoms with Gasteiger partial charge in [-0.25, -0.2) is 8.42 Å².